The predicted molar refractivity (Wildman–Crippen MR) is 75.2 cm³/mol. The molecule has 0 aliphatic carbocycles. The van der Waals surface area contributed by atoms with Gasteiger partial charge in [-0.2, -0.15) is 0 Å². The van der Waals surface area contributed by atoms with Crippen LogP contribution in [0.15, 0.2) is 41.1 Å². The van der Waals surface area contributed by atoms with Crippen molar-refractivity contribution in [2.24, 2.45) is 0 Å². The van der Waals surface area contributed by atoms with E-state index in [9.17, 15) is 4.79 Å². The second-order valence-corrected chi connectivity index (χ2v) is 4.56. The number of anilines is 2. The van der Waals surface area contributed by atoms with Gasteiger partial charge in [0.25, 0.3) is 0 Å². The molecule has 0 bridgehead atoms. The van der Waals surface area contributed by atoms with Crippen LogP contribution in [0.4, 0.5) is 11.4 Å². The highest BCUT2D eigenvalue weighted by atomic mass is 79.9. The summed E-state index contributed by atoms with van der Waals surface area (Å²) in [7, 11) is 1.58. The quantitative estimate of drug-likeness (QED) is 0.903. The highest BCUT2D eigenvalue weighted by Crippen LogP contribution is 2.29. The molecule has 2 N–H and O–H groups in total. The summed E-state index contributed by atoms with van der Waals surface area (Å²) < 4.78 is 5.91. The lowest BCUT2D eigenvalue weighted by Gasteiger charge is -2.10. The molecule has 0 aliphatic rings. The van der Waals surface area contributed by atoms with Crippen LogP contribution in [0.2, 0.25) is 0 Å². The van der Waals surface area contributed by atoms with Crippen molar-refractivity contribution in [2.45, 2.75) is 0 Å². The Labute approximate surface area is 118 Å². The second-order valence-electron chi connectivity index (χ2n) is 3.70. The molecule has 0 radical (unpaired) electrons. The number of carbonyl (C=O) groups is 1. The van der Waals surface area contributed by atoms with Crippen LogP contribution in [0.3, 0.4) is 0 Å². The number of nitrogens with zero attached hydrogens (tertiary/aromatic N) is 1. The van der Waals surface area contributed by atoms with Crippen molar-refractivity contribution in [1.29, 1.82) is 0 Å². The van der Waals surface area contributed by atoms with Crippen LogP contribution < -0.4 is 10.1 Å². The minimum absolute atomic E-state index is 0.168. The zero-order valence-corrected chi connectivity index (χ0v) is 11.6. The van der Waals surface area contributed by atoms with E-state index in [1.165, 1.54) is 18.5 Å². The van der Waals surface area contributed by atoms with Gasteiger partial charge in [-0.1, -0.05) is 0 Å². The van der Waals surface area contributed by atoms with Crippen LogP contribution >= 0.6 is 15.9 Å². The molecule has 1 aromatic heterocycles. The Balaban J connectivity index is 2.31. The monoisotopic (exact) mass is 322 g/mol. The zero-order valence-electron chi connectivity index (χ0n) is 10.1. The Hall–Kier alpha value is -2.08. The maximum Gasteiger partial charge on any atom is 0.337 e. The minimum Gasteiger partial charge on any atom is -0.496 e. The number of aromatic carboxylic acids is 1. The number of carboxylic acids is 1. The van der Waals surface area contributed by atoms with E-state index in [-0.39, 0.29) is 5.56 Å². The highest BCUT2D eigenvalue weighted by molar-refractivity contribution is 9.10. The van der Waals surface area contributed by atoms with Crippen molar-refractivity contribution in [3.63, 3.8) is 0 Å². The molecule has 6 heteroatoms. The van der Waals surface area contributed by atoms with Gasteiger partial charge in [-0.3, -0.25) is 4.98 Å². The molecule has 0 saturated carbocycles. The number of methoxy groups -OCH3 is 1. The number of carboxylic acid groups (broad SMARTS) is 1. The van der Waals surface area contributed by atoms with Gasteiger partial charge in [0.15, 0.2) is 0 Å². The van der Waals surface area contributed by atoms with Crippen LogP contribution in [-0.2, 0) is 0 Å². The second kappa shape index (κ2) is 5.71. The van der Waals surface area contributed by atoms with E-state index in [0.717, 1.165) is 10.2 Å². The van der Waals surface area contributed by atoms with Crippen LogP contribution in [0, 0.1) is 0 Å². The van der Waals surface area contributed by atoms with Gasteiger partial charge in [0.1, 0.15) is 5.75 Å². The number of rotatable bonds is 4. The molecular weight excluding hydrogens is 312 g/mol. The van der Waals surface area contributed by atoms with Crippen molar-refractivity contribution < 1.29 is 14.6 Å². The summed E-state index contributed by atoms with van der Waals surface area (Å²) in [5, 5.41) is 12.1. The maximum absolute atomic E-state index is 11.1. The van der Waals surface area contributed by atoms with Crippen molar-refractivity contribution in [3.8, 4) is 5.75 Å². The molecule has 1 aromatic carbocycles. The van der Waals surface area contributed by atoms with Crippen LogP contribution in [0.25, 0.3) is 0 Å². The zero-order chi connectivity index (χ0) is 13.8. The lowest BCUT2D eigenvalue weighted by molar-refractivity contribution is 0.0698. The number of ether oxygens (including phenoxy) is 1. The van der Waals surface area contributed by atoms with Crippen LogP contribution in [-0.4, -0.2) is 23.2 Å². The summed E-state index contributed by atoms with van der Waals surface area (Å²) in [6.45, 7) is 0. The molecule has 0 unspecified atom stereocenters. The van der Waals surface area contributed by atoms with Gasteiger partial charge in [0.05, 0.1) is 29.0 Å². The summed E-state index contributed by atoms with van der Waals surface area (Å²) in [5.74, 6) is -0.298. The topological polar surface area (TPSA) is 71.5 Å². The van der Waals surface area contributed by atoms with Crippen molar-refractivity contribution >= 4 is 33.3 Å². The maximum atomic E-state index is 11.1. The first-order chi connectivity index (χ1) is 9.11. The fourth-order valence-corrected chi connectivity index (χ4v) is 2.12. The third-order valence-corrected chi connectivity index (χ3v) is 3.10. The number of halogens is 1. The third kappa shape index (κ3) is 3.03. The number of benzene rings is 1. The summed E-state index contributed by atoms with van der Waals surface area (Å²) in [4.78, 5) is 15.0. The van der Waals surface area contributed by atoms with Crippen molar-refractivity contribution in [3.05, 3.63) is 46.7 Å². The van der Waals surface area contributed by atoms with E-state index in [1.54, 1.807) is 25.3 Å². The SMILES string of the molecule is COc1ccc(Nc2cnccc2C(=O)O)cc1Br. The Morgan fingerprint density at radius 3 is 2.84 bits per heavy atom. The first-order valence-corrected chi connectivity index (χ1v) is 6.19. The van der Waals surface area contributed by atoms with Crippen LogP contribution in [0.1, 0.15) is 10.4 Å². The molecule has 0 atom stereocenters. The van der Waals surface area contributed by atoms with E-state index < -0.39 is 5.97 Å². The van der Waals surface area contributed by atoms with E-state index >= 15 is 0 Å². The van der Waals surface area contributed by atoms with Gasteiger partial charge in [-0.15, -0.1) is 0 Å². The standard InChI is InChI=1S/C13H11BrN2O3/c1-19-12-3-2-8(6-10(12)14)16-11-7-15-5-4-9(11)13(17)18/h2-7,16H,1H3,(H,17,18). The molecule has 98 valence electrons. The molecule has 0 fully saturated rings. The molecule has 2 aromatic rings. The van der Waals surface area contributed by atoms with Crippen LogP contribution in [0.5, 0.6) is 5.75 Å². The van der Waals surface area contributed by atoms with Gasteiger partial charge >= 0.3 is 5.97 Å². The predicted octanol–water partition coefficient (Wildman–Crippen LogP) is 3.29. The van der Waals surface area contributed by atoms with Gasteiger partial charge in [-0.25, -0.2) is 4.79 Å². The summed E-state index contributed by atoms with van der Waals surface area (Å²) in [5.41, 5.74) is 1.34. The molecule has 0 amide bonds. The minimum atomic E-state index is -1.00. The van der Waals surface area contributed by atoms with E-state index in [2.05, 4.69) is 26.2 Å². The van der Waals surface area contributed by atoms with Gasteiger partial charge < -0.3 is 15.2 Å². The fraction of sp³-hybridized carbons (Fsp3) is 0.0769. The van der Waals surface area contributed by atoms with Gasteiger partial charge in [-0.05, 0) is 40.2 Å². The normalized spacial score (nSPS) is 10.0. The Kier molecular flexibility index (Phi) is 4.01. The summed E-state index contributed by atoms with van der Waals surface area (Å²) in [6, 6.07) is 6.83. The molecular formula is C13H11BrN2O3. The van der Waals surface area contributed by atoms with E-state index in [4.69, 9.17) is 9.84 Å². The Morgan fingerprint density at radius 1 is 1.42 bits per heavy atom. The molecule has 2 rings (SSSR count). The molecule has 5 nitrogen and oxygen atoms in total. The fourth-order valence-electron chi connectivity index (χ4n) is 1.58. The number of nitrogens with one attached hydrogen (secondary N) is 1. The summed E-state index contributed by atoms with van der Waals surface area (Å²) in [6.07, 6.45) is 2.92. The number of hydrogen-bond acceptors (Lipinski definition) is 4. The third-order valence-electron chi connectivity index (χ3n) is 2.48. The number of hydrogen-bond donors (Lipinski definition) is 2. The average molecular weight is 323 g/mol. The first kappa shape index (κ1) is 13.4. The first-order valence-electron chi connectivity index (χ1n) is 5.39. The molecule has 0 aliphatic heterocycles. The molecule has 0 saturated heterocycles. The lowest BCUT2D eigenvalue weighted by Crippen LogP contribution is -2.03. The smallest absolute Gasteiger partial charge is 0.337 e. The molecule has 0 spiro atoms. The van der Waals surface area contributed by atoms with E-state index in [0.29, 0.717) is 11.4 Å². The average Bonchev–Trinajstić information content (AvgIpc) is 2.39. The molecule has 19 heavy (non-hydrogen) atoms. The Morgan fingerprint density at radius 2 is 2.21 bits per heavy atom. The largest absolute Gasteiger partial charge is 0.496 e. The lowest BCUT2D eigenvalue weighted by atomic mass is 10.2. The summed E-state index contributed by atoms with van der Waals surface area (Å²) >= 11 is 3.37. The van der Waals surface area contributed by atoms with Crippen molar-refractivity contribution in [2.75, 3.05) is 12.4 Å². The van der Waals surface area contributed by atoms with E-state index in [1.807, 2.05) is 0 Å². The van der Waals surface area contributed by atoms with Gasteiger partial charge in [0.2, 0.25) is 0 Å². The Bertz CT molecular complexity index is 617. The van der Waals surface area contributed by atoms with Gasteiger partial charge in [0, 0.05) is 11.9 Å². The number of pyridine rings is 1. The van der Waals surface area contributed by atoms with Crippen molar-refractivity contribution in [1.82, 2.24) is 4.98 Å². The highest BCUT2D eigenvalue weighted by Gasteiger charge is 2.10. The molecule has 1 heterocycles. The number of aromatic nitrogens is 1.